The van der Waals surface area contributed by atoms with Crippen molar-refractivity contribution in [2.75, 3.05) is 42.7 Å². The first-order valence-electron chi connectivity index (χ1n) is 11.5. The van der Waals surface area contributed by atoms with Gasteiger partial charge in [-0.25, -0.2) is 4.98 Å². The minimum atomic E-state index is 0.109. The van der Waals surface area contributed by atoms with Crippen molar-refractivity contribution in [1.82, 2.24) is 14.9 Å². The average molecular weight is 435 g/mol. The molecule has 1 aliphatic heterocycles. The zero-order chi connectivity index (χ0) is 22.7. The van der Waals surface area contributed by atoms with Crippen LogP contribution in [-0.2, 0) is 4.79 Å². The van der Waals surface area contributed by atoms with E-state index in [-0.39, 0.29) is 11.8 Å². The summed E-state index contributed by atoms with van der Waals surface area (Å²) in [6.07, 6.45) is 9.91. The molecule has 1 amide bonds. The van der Waals surface area contributed by atoms with E-state index in [4.69, 9.17) is 0 Å². The van der Waals surface area contributed by atoms with E-state index >= 15 is 0 Å². The summed E-state index contributed by atoms with van der Waals surface area (Å²) in [6, 6.07) is 6.41. The molecule has 3 N–H and O–H groups in total. The second kappa shape index (κ2) is 9.51. The first-order chi connectivity index (χ1) is 15.5. The van der Waals surface area contributed by atoms with Gasteiger partial charge in [0.25, 0.3) is 0 Å². The van der Waals surface area contributed by atoms with Crippen LogP contribution in [0.4, 0.5) is 17.3 Å². The van der Waals surface area contributed by atoms with E-state index in [9.17, 15) is 4.79 Å². The predicted molar refractivity (Wildman–Crippen MR) is 132 cm³/mol. The number of aromatic nitrogens is 2. The molecule has 2 fully saturated rings. The van der Waals surface area contributed by atoms with E-state index in [0.717, 1.165) is 61.7 Å². The highest BCUT2D eigenvalue weighted by atomic mass is 16.2. The smallest absolute Gasteiger partial charge is 0.227 e. The summed E-state index contributed by atoms with van der Waals surface area (Å²) in [4.78, 5) is 24.6. The van der Waals surface area contributed by atoms with Crippen molar-refractivity contribution in [3.05, 3.63) is 54.4 Å². The van der Waals surface area contributed by atoms with Crippen molar-refractivity contribution >= 4 is 28.9 Å². The van der Waals surface area contributed by atoms with Crippen LogP contribution in [0.3, 0.4) is 0 Å². The number of likely N-dealkylation sites (tertiary alicyclic amines) is 1. The molecule has 1 saturated carbocycles. The van der Waals surface area contributed by atoms with Crippen LogP contribution in [0.1, 0.15) is 38.2 Å². The molecule has 7 heteroatoms. The van der Waals surface area contributed by atoms with E-state index < -0.39 is 0 Å². The molecule has 2 aliphatic rings. The van der Waals surface area contributed by atoms with E-state index in [1.54, 1.807) is 6.20 Å². The lowest BCUT2D eigenvalue weighted by Gasteiger charge is -2.28. The highest BCUT2D eigenvalue weighted by Crippen LogP contribution is 2.32. The number of nitrogens with one attached hydrogen (secondary N) is 3. The van der Waals surface area contributed by atoms with Crippen LogP contribution in [0.5, 0.6) is 0 Å². The van der Waals surface area contributed by atoms with Crippen molar-refractivity contribution in [3.63, 3.8) is 0 Å². The number of hydrogen-bond acceptors (Lipinski definition) is 5. The zero-order valence-electron chi connectivity index (χ0n) is 19.3. The molecule has 0 bridgehead atoms. The number of hydrogen-bond donors (Lipinski definition) is 3. The molecule has 3 heterocycles. The third-order valence-corrected chi connectivity index (χ3v) is 6.44. The number of allylic oxidation sites excluding steroid dienone is 2. The molecule has 32 heavy (non-hydrogen) atoms. The maximum Gasteiger partial charge on any atom is 0.227 e. The standard InChI is InChI=1S/C25H34N6O/c1-5-17(2)14-22(21-10-12-27-24(21)26-3)31-13-11-20(16-31)30(4)23-9-8-19(15-28-23)29-25(32)18-6-7-18/h8-10,12,14-15,18,20,26-27H,2,5-7,11,13,16H2,1,3-4H3,(H,29,32)/b22-14+. The molecule has 7 nitrogen and oxygen atoms in total. The van der Waals surface area contributed by atoms with Crippen LogP contribution in [0.25, 0.3) is 5.70 Å². The lowest BCUT2D eigenvalue weighted by Crippen LogP contribution is -2.34. The molecule has 1 aliphatic carbocycles. The van der Waals surface area contributed by atoms with Crippen molar-refractivity contribution in [2.24, 2.45) is 5.92 Å². The van der Waals surface area contributed by atoms with Crippen LogP contribution >= 0.6 is 0 Å². The van der Waals surface area contributed by atoms with Gasteiger partial charge in [0.1, 0.15) is 11.6 Å². The predicted octanol–water partition coefficient (Wildman–Crippen LogP) is 4.32. The topological polar surface area (TPSA) is 76.3 Å². The Morgan fingerprint density at radius 1 is 1.34 bits per heavy atom. The largest absolute Gasteiger partial charge is 0.374 e. The van der Waals surface area contributed by atoms with Gasteiger partial charge < -0.3 is 25.4 Å². The van der Waals surface area contributed by atoms with Crippen molar-refractivity contribution in [1.29, 1.82) is 0 Å². The van der Waals surface area contributed by atoms with E-state index in [2.05, 4.69) is 63.1 Å². The Balaban J connectivity index is 1.45. The Labute approximate surface area is 190 Å². The number of aromatic amines is 1. The molecule has 0 aromatic carbocycles. The molecule has 1 saturated heterocycles. The Kier molecular flexibility index (Phi) is 6.53. The van der Waals surface area contributed by atoms with E-state index in [1.165, 1.54) is 11.3 Å². The number of pyridine rings is 1. The summed E-state index contributed by atoms with van der Waals surface area (Å²) in [5, 5.41) is 6.22. The highest BCUT2D eigenvalue weighted by Gasteiger charge is 2.30. The van der Waals surface area contributed by atoms with E-state index in [0.29, 0.717) is 6.04 Å². The molecule has 2 aromatic heterocycles. The van der Waals surface area contributed by atoms with Gasteiger partial charge in [0.05, 0.1) is 11.9 Å². The van der Waals surface area contributed by atoms with Gasteiger partial charge in [-0.1, -0.05) is 19.1 Å². The first kappa shape index (κ1) is 22.0. The summed E-state index contributed by atoms with van der Waals surface area (Å²) in [5.74, 6) is 2.24. The fraction of sp³-hybridized carbons (Fsp3) is 0.440. The fourth-order valence-corrected chi connectivity index (χ4v) is 4.15. The monoisotopic (exact) mass is 434 g/mol. The first-order valence-corrected chi connectivity index (χ1v) is 11.5. The van der Waals surface area contributed by atoms with Gasteiger partial charge in [0.15, 0.2) is 0 Å². The fourth-order valence-electron chi connectivity index (χ4n) is 4.15. The Hall–Kier alpha value is -3.22. The van der Waals surface area contributed by atoms with Crippen LogP contribution in [0.15, 0.2) is 48.8 Å². The number of carbonyl (C=O) groups is 1. The normalized spacial score (nSPS) is 18.5. The van der Waals surface area contributed by atoms with Crippen LogP contribution in [0, 0.1) is 5.92 Å². The second-order valence-electron chi connectivity index (χ2n) is 8.73. The summed E-state index contributed by atoms with van der Waals surface area (Å²) in [6.45, 7) is 8.23. The van der Waals surface area contributed by atoms with Gasteiger partial charge in [-0.3, -0.25) is 4.79 Å². The molecule has 0 spiro atoms. The Morgan fingerprint density at radius 2 is 2.16 bits per heavy atom. The lowest BCUT2D eigenvalue weighted by atomic mass is 10.1. The molecule has 4 rings (SSSR count). The zero-order valence-corrected chi connectivity index (χ0v) is 19.3. The number of likely N-dealkylation sites (N-methyl/N-ethyl adjacent to an activating group) is 1. The molecule has 0 radical (unpaired) electrons. The minimum absolute atomic E-state index is 0.109. The maximum absolute atomic E-state index is 12.0. The minimum Gasteiger partial charge on any atom is -0.374 e. The number of amides is 1. The van der Waals surface area contributed by atoms with Gasteiger partial charge in [0, 0.05) is 56.6 Å². The molecule has 2 aromatic rings. The Bertz CT molecular complexity index is 988. The van der Waals surface area contributed by atoms with Gasteiger partial charge in [-0.15, -0.1) is 0 Å². The van der Waals surface area contributed by atoms with Crippen molar-refractivity contribution in [2.45, 2.75) is 38.6 Å². The summed E-state index contributed by atoms with van der Waals surface area (Å²) >= 11 is 0. The van der Waals surface area contributed by atoms with Gasteiger partial charge in [-0.05, 0) is 50.0 Å². The summed E-state index contributed by atoms with van der Waals surface area (Å²) in [5.41, 5.74) is 4.25. The van der Waals surface area contributed by atoms with Gasteiger partial charge >= 0.3 is 0 Å². The average Bonchev–Trinajstić information content (AvgIpc) is 3.37. The molecular formula is C25H34N6O. The third kappa shape index (κ3) is 4.82. The van der Waals surface area contributed by atoms with Crippen LogP contribution < -0.4 is 15.5 Å². The summed E-state index contributed by atoms with van der Waals surface area (Å²) < 4.78 is 0. The third-order valence-electron chi connectivity index (χ3n) is 6.44. The van der Waals surface area contributed by atoms with Crippen molar-refractivity contribution < 1.29 is 4.79 Å². The SMILES string of the molecule is C=C(/C=C(\c1cc[nH]c1NC)N1CCC(N(C)c2ccc(NC(=O)C3CC3)cn2)C1)CC. The molecule has 1 atom stereocenters. The van der Waals surface area contributed by atoms with Crippen LogP contribution in [-0.4, -0.2) is 54.0 Å². The number of H-pyrrole nitrogens is 1. The highest BCUT2D eigenvalue weighted by molar-refractivity contribution is 5.93. The lowest BCUT2D eigenvalue weighted by molar-refractivity contribution is -0.117. The number of carbonyl (C=O) groups excluding carboxylic acids is 1. The van der Waals surface area contributed by atoms with Crippen LogP contribution in [0.2, 0.25) is 0 Å². The Morgan fingerprint density at radius 3 is 2.81 bits per heavy atom. The quantitative estimate of drug-likeness (QED) is 0.513. The second-order valence-corrected chi connectivity index (χ2v) is 8.73. The van der Waals surface area contributed by atoms with Gasteiger partial charge in [-0.2, -0.15) is 0 Å². The molecule has 1 unspecified atom stereocenters. The number of rotatable bonds is 9. The van der Waals surface area contributed by atoms with Crippen molar-refractivity contribution in [3.8, 4) is 0 Å². The molecular weight excluding hydrogens is 400 g/mol. The van der Waals surface area contributed by atoms with Gasteiger partial charge in [0.2, 0.25) is 5.91 Å². The number of anilines is 3. The van der Waals surface area contributed by atoms with E-state index in [1.807, 2.05) is 25.4 Å². The maximum atomic E-state index is 12.0. The number of nitrogens with zero attached hydrogens (tertiary/aromatic N) is 3. The molecule has 170 valence electrons. The summed E-state index contributed by atoms with van der Waals surface area (Å²) in [7, 11) is 4.03.